The van der Waals surface area contributed by atoms with E-state index in [-0.39, 0.29) is 25.1 Å². The van der Waals surface area contributed by atoms with Gasteiger partial charge in [-0.2, -0.15) is 5.26 Å². The molecule has 0 saturated carbocycles. The molecule has 7 heteroatoms. The molecule has 1 unspecified atom stereocenters. The smallest absolute Gasteiger partial charge is 0.329 e. The largest absolute Gasteiger partial charge is 0.480 e. The molecule has 2 N–H and O–H groups in total. The van der Waals surface area contributed by atoms with Gasteiger partial charge in [-0.1, -0.05) is 42.2 Å². The number of hydrogen-bond acceptors (Lipinski definition) is 5. The Bertz CT molecular complexity index is 847. The fourth-order valence-corrected chi connectivity index (χ4v) is 3.09. The average Bonchev–Trinajstić information content (AvgIpc) is 2.70. The number of piperidine rings is 1. The number of aliphatic hydroxyl groups excluding tert-OH is 1. The van der Waals surface area contributed by atoms with Crippen LogP contribution < -0.4 is 0 Å². The first-order valence-corrected chi connectivity index (χ1v) is 9.40. The number of aliphatic carboxylic acids is 1. The summed E-state index contributed by atoms with van der Waals surface area (Å²) >= 11 is 0. The van der Waals surface area contributed by atoms with E-state index in [9.17, 15) is 14.7 Å². The lowest BCUT2D eigenvalue weighted by Crippen LogP contribution is -2.42. The Labute approximate surface area is 170 Å². The highest BCUT2D eigenvalue weighted by Gasteiger charge is 2.25. The second-order valence-corrected chi connectivity index (χ2v) is 6.65. The molecule has 7 nitrogen and oxygen atoms in total. The molecular weight excluding hydrogens is 372 g/mol. The summed E-state index contributed by atoms with van der Waals surface area (Å²) in [5.74, 6) is 4.48. The Hall–Kier alpha value is -3.13. The van der Waals surface area contributed by atoms with Crippen LogP contribution >= 0.6 is 0 Å². The van der Waals surface area contributed by atoms with Crippen LogP contribution in [0, 0.1) is 23.2 Å². The number of carbonyl (C=O) groups is 2. The molecule has 1 fully saturated rings. The van der Waals surface area contributed by atoms with Crippen molar-refractivity contribution in [3.05, 3.63) is 47.5 Å². The van der Waals surface area contributed by atoms with Crippen molar-refractivity contribution in [3.8, 4) is 17.9 Å². The van der Waals surface area contributed by atoms with E-state index >= 15 is 0 Å². The molecule has 2 rings (SSSR count). The molecule has 1 amide bonds. The van der Waals surface area contributed by atoms with Crippen molar-refractivity contribution in [3.63, 3.8) is 0 Å². The summed E-state index contributed by atoms with van der Waals surface area (Å²) in [5.41, 5.74) is 1.31. The minimum absolute atomic E-state index is 0.00373. The fraction of sp³-hybridized carbons (Fsp3) is 0.409. The lowest BCUT2D eigenvalue weighted by atomic mass is 9.98. The number of carboxylic acids is 1. The molecule has 1 aliphatic rings. The first-order valence-electron chi connectivity index (χ1n) is 9.40. The number of nitriles is 1. The molecular formula is C22H24N2O5. The van der Waals surface area contributed by atoms with Crippen molar-refractivity contribution in [2.24, 2.45) is 0 Å². The lowest BCUT2D eigenvalue weighted by Gasteiger charge is -2.32. The van der Waals surface area contributed by atoms with E-state index in [1.54, 1.807) is 23.1 Å². The van der Waals surface area contributed by atoms with Crippen LogP contribution in [0.3, 0.4) is 0 Å². The van der Waals surface area contributed by atoms with Crippen LogP contribution in [0.1, 0.15) is 30.4 Å². The van der Waals surface area contributed by atoms with Gasteiger partial charge in [0, 0.05) is 12.8 Å². The first-order chi connectivity index (χ1) is 14.0. The number of amides is 1. The third-order valence-electron chi connectivity index (χ3n) is 4.51. The molecule has 1 aromatic rings. The molecule has 1 saturated heterocycles. The van der Waals surface area contributed by atoms with E-state index < -0.39 is 18.7 Å². The zero-order valence-electron chi connectivity index (χ0n) is 16.1. The highest BCUT2D eigenvalue weighted by atomic mass is 16.5. The van der Waals surface area contributed by atoms with Gasteiger partial charge in [-0.25, -0.2) is 4.79 Å². The van der Waals surface area contributed by atoms with Crippen LogP contribution in [0.25, 0.3) is 0 Å². The predicted octanol–water partition coefficient (Wildman–Crippen LogP) is 1.50. The zero-order valence-corrected chi connectivity index (χ0v) is 16.1. The van der Waals surface area contributed by atoms with Gasteiger partial charge in [0.05, 0.1) is 30.3 Å². The highest BCUT2D eigenvalue weighted by Crippen LogP contribution is 2.19. The van der Waals surface area contributed by atoms with Crippen LogP contribution in [0.15, 0.2) is 36.4 Å². The minimum atomic E-state index is -1.06. The van der Waals surface area contributed by atoms with Crippen LogP contribution in [0.4, 0.5) is 0 Å². The molecule has 29 heavy (non-hydrogen) atoms. The molecule has 1 aliphatic heterocycles. The van der Waals surface area contributed by atoms with Crippen molar-refractivity contribution >= 4 is 11.9 Å². The first kappa shape index (κ1) is 22.2. The standard InChI is InChI=1S/C22H24N2O5/c23-15-18-7-2-1-6-17(18)14-20(25)11-10-19-8-5-9-21(26)24(19)12-3-4-13-29-16-22(27)28/h1-2,6-7,10-11,19-20,25H,5,8-9,12-14,16H2,(H,27,28)/b11-10+/t19-,20?/m1/s1. The normalized spacial score (nSPS) is 17.4. The number of carbonyl (C=O) groups excluding carboxylic acids is 1. The Morgan fingerprint density at radius 1 is 1.38 bits per heavy atom. The molecule has 1 aromatic carbocycles. The SMILES string of the molecule is N#Cc1ccccc1CC(O)/C=C/[C@H]1CCCC(=O)N1CC#CCOCC(=O)O. The Balaban J connectivity index is 1.93. The number of ether oxygens (including phenoxy) is 1. The molecule has 2 atom stereocenters. The topological polar surface area (TPSA) is 111 Å². The fourth-order valence-electron chi connectivity index (χ4n) is 3.09. The number of carboxylic acid groups (broad SMARTS) is 1. The molecule has 152 valence electrons. The molecule has 0 bridgehead atoms. The number of hydrogen-bond donors (Lipinski definition) is 2. The van der Waals surface area contributed by atoms with E-state index in [0.717, 1.165) is 18.4 Å². The monoisotopic (exact) mass is 396 g/mol. The third-order valence-corrected chi connectivity index (χ3v) is 4.51. The number of likely N-dealkylation sites (tertiary alicyclic amines) is 1. The molecule has 0 spiro atoms. The van der Waals surface area contributed by atoms with Gasteiger partial charge in [0.15, 0.2) is 0 Å². The maximum absolute atomic E-state index is 12.2. The highest BCUT2D eigenvalue weighted by molar-refractivity contribution is 5.78. The quantitative estimate of drug-likeness (QED) is 0.391. The van der Waals surface area contributed by atoms with Crippen molar-refractivity contribution in [2.75, 3.05) is 19.8 Å². The second kappa shape index (κ2) is 11.7. The number of rotatable bonds is 8. The number of aliphatic hydroxyl groups is 1. The maximum atomic E-state index is 12.2. The van der Waals surface area contributed by atoms with Gasteiger partial charge in [0.25, 0.3) is 0 Å². The Kier molecular flexibility index (Phi) is 8.91. The summed E-state index contributed by atoms with van der Waals surface area (Å²) in [5, 5.41) is 28.0. The molecule has 0 aromatic heterocycles. The third kappa shape index (κ3) is 7.42. The Morgan fingerprint density at radius 2 is 2.17 bits per heavy atom. The van der Waals surface area contributed by atoms with Crippen LogP contribution in [-0.4, -0.2) is 58.9 Å². The summed E-state index contributed by atoms with van der Waals surface area (Å²) in [7, 11) is 0. The summed E-state index contributed by atoms with van der Waals surface area (Å²) in [6.07, 6.45) is 5.04. The van der Waals surface area contributed by atoms with Crippen LogP contribution in [0.5, 0.6) is 0 Å². The molecule has 0 radical (unpaired) electrons. The summed E-state index contributed by atoms with van der Waals surface area (Å²) in [6.45, 7) is -0.195. The van der Waals surface area contributed by atoms with Gasteiger partial charge in [0.1, 0.15) is 13.2 Å². The van der Waals surface area contributed by atoms with Gasteiger partial charge in [-0.05, 0) is 24.5 Å². The van der Waals surface area contributed by atoms with Crippen molar-refractivity contribution in [1.29, 1.82) is 5.26 Å². The van der Waals surface area contributed by atoms with Gasteiger partial charge in [-0.3, -0.25) is 4.79 Å². The lowest BCUT2D eigenvalue weighted by molar-refractivity contribution is -0.141. The summed E-state index contributed by atoms with van der Waals surface area (Å²) in [4.78, 5) is 24.3. The van der Waals surface area contributed by atoms with Crippen molar-refractivity contribution in [2.45, 2.75) is 37.8 Å². The maximum Gasteiger partial charge on any atom is 0.329 e. The van der Waals surface area contributed by atoms with E-state index in [2.05, 4.69) is 17.9 Å². The number of nitrogens with zero attached hydrogens (tertiary/aromatic N) is 2. The van der Waals surface area contributed by atoms with Gasteiger partial charge in [-0.15, -0.1) is 0 Å². The molecule has 0 aliphatic carbocycles. The zero-order chi connectivity index (χ0) is 21.1. The van der Waals surface area contributed by atoms with E-state index in [1.165, 1.54) is 0 Å². The van der Waals surface area contributed by atoms with Gasteiger partial charge in [0.2, 0.25) is 5.91 Å². The Morgan fingerprint density at radius 3 is 2.93 bits per heavy atom. The minimum Gasteiger partial charge on any atom is -0.480 e. The van der Waals surface area contributed by atoms with Crippen molar-refractivity contribution < 1.29 is 24.5 Å². The van der Waals surface area contributed by atoms with Gasteiger partial charge < -0.3 is 19.8 Å². The number of benzene rings is 1. The molecule has 1 heterocycles. The second-order valence-electron chi connectivity index (χ2n) is 6.65. The predicted molar refractivity (Wildman–Crippen MR) is 106 cm³/mol. The van der Waals surface area contributed by atoms with E-state index in [1.807, 2.05) is 18.2 Å². The van der Waals surface area contributed by atoms with Crippen LogP contribution in [-0.2, 0) is 20.7 Å². The van der Waals surface area contributed by atoms with Gasteiger partial charge >= 0.3 is 5.97 Å². The summed E-state index contributed by atoms with van der Waals surface area (Å²) < 4.78 is 4.85. The van der Waals surface area contributed by atoms with Crippen LogP contribution in [0.2, 0.25) is 0 Å². The van der Waals surface area contributed by atoms with E-state index in [4.69, 9.17) is 15.1 Å². The van der Waals surface area contributed by atoms with E-state index in [0.29, 0.717) is 18.4 Å². The van der Waals surface area contributed by atoms with Crippen molar-refractivity contribution in [1.82, 2.24) is 4.90 Å². The summed E-state index contributed by atoms with van der Waals surface area (Å²) in [6, 6.07) is 9.09. The average molecular weight is 396 g/mol.